The first-order chi connectivity index (χ1) is 6.95. The van der Waals surface area contributed by atoms with E-state index in [1.165, 1.54) is 5.56 Å². The number of hydrogen-bond acceptors (Lipinski definition) is 4. The topological polar surface area (TPSA) is 80.3 Å². The maximum atomic E-state index is 9.61. The molecule has 82 valence electrons. The Bertz CT molecular complexity index is 314. The van der Waals surface area contributed by atoms with Crippen molar-refractivity contribution in [3.05, 3.63) is 35.9 Å². The molecule has 0 bridgehead atoms. The number of carboxylic acid groups (broad SMARTS) is 2. The fraction of sp³-hybridized carbons (Fsp3) is 0.273. The van der Waals surface area contributed by atoms with Gasteiger partial charge < -0.3 is 19.8 Å². The average molecular weight is 286 g/mol. The Kier molecular flexibility index (Phi) is 19.2. The Morgan fingerprint density at radius 1 is 1.00 bits per heavy atom. The summed E-state index contributed by atoms with van der Waals surface area (Å²) >= 11 is 0. The first kappa shape index (κ1) is 23.5. The van der Waals surface area contributed by atoms with Crippen LogP contribution in [0.5, 0.6) is 0 Å². The van der Waals surface area contributed by atoms with Crippen LogP contribution in [0.25, 0.3) is 0 Å². The third-order valence-electron chi connectivity index (χ3n) is 1.65. The van der Waals surface area contributed by atoms with Crippen LogP contribution in [0.2, 0.25) is 0 Å². The van der Waals surface area contributed by atoms with Crippen molar-refractivity contribution >= 4 is 11.9 Å². The van der Waals surface area contributed by atoms with Crippen LogP contribution in [0.1, 0.15) is 12.5 Å². The summed E-state index contributed by atoms with van der Waals surface area (Å²) in [4.78, 5) is 19.2. The van der Waals surface area contributed by atoms with Gasteiger partial charge in [0.1, 0.15) is 0 Å². The summed E-state index contributed by atoms with van der Waals surface area (Å²) in [6, 6.07) is 10.3. The zero-order valence-corrected chi connectivity index (χ0v) is 16.8. The maximum absolute atomic E-state index is 9.61. The van der Waals surface area contributed by atoms with Crippen LogP contribution in [-0.2, 0) is 9.59 Å². The molecule has 0 radical (unpaired) electrons. The number of aliphatic carboxylic acids is 2. The van der Waals surface area contributed by atoms with E-state index >= 15 is 0 Å². The van der Waals surface area contributed by atoms with E-state index in [2.05, 4.69) is 19.1 Å². The van der Waals surface area contributed by atoms with E-state index in [9.17, 15) is 19.8 Å². The van der Waals surface area contributed by atoms with Gasteiger partial charge in [-0.3, -0.25) is 0 Å². The predicted octanol–water partition coefficient (Wildman–Crippen LogP) is -6.87. The second kappa shape index (κ2) is 13.9. The molecule has 17 heavy (non-hydrogen) atoms. The molecule has 0 saturated carbocycles. The molecular formula is C11H12K2O4. The molecule has 0 aromatic heterocycles. The third kappa shape index (κ3) is 13.7. The third-order valence-corrected chi connectivity index (χ3v) is 1.65. The molecule has 0 fully saturated rings. The van der Waals surface area contributed by atoms with Gasteiger partial charge in [0.2, 0.25) is 0 Å². The van der Waals surface area contributed by atoms with Gasteiger partial charge in [0.05, 0.1) is 0 Å². The van der Waals surface area contributed by atoms with Crippen LogP contribution in [-0.4, -0.2) is 11.9 Å². The van der Waals surface area contributed by atoms with Gasteiger partial charge in [-0.2, -0.15) is 0 Å². The van der Waals surface area contributed by atoms with Crippen molar-refractivity contribution in [1.82, 2.24) is 0 Å². The molecule has 0 aliphatic carbocycles. The molecule has 0 heterocycles. The van der Waals surface area contributed by atoms with E-state index in [0.29, 0.717) is 0 Å². The van der Waals surface area contributed by atoms with Crippen LogP contribution >= 0.6 is 0 Å². The molecule has 0 aliphatic rings. The van der Waals surface area contributed by atoms with Crippen LogP contribution in [0, 0.1) is 12.8 Å². The van der Waals surface area contributed by atoms with E-state index in [4.69, 9.17) is 0 Å². The summed E-state index contributed by atoms with van der Waals surface area (Å²) in [7, 11) is 0. The summed E-state index contributed by atoms with van der Waals surface area (Å²) in [6.07, 6.45) is 0. The van der Waals surface area contributed by atoms with Crippen molar-refractivity contribution < 1.29 is 123 Å². The normalized spacial score (nSPS) is 7.94. The van der Waals surface area contributed by atoms with Crippen molar-refractivity contribution in [1.29, 1.82) is 0 Å². The number of aryl methyl sites for hydroxylation is 1. The smallest absolute Gasteiger partial charge is 0.549 e. The Labute approximate surface area is 186 Å². The minimum absolute atomic E-state index is 0. The fourth-order valence-corrected chi connectivity index (χ4v) is 0.631. The second-order valence-electron chi connectivity index (χ2n) is 3.01. The Morgan fingerprint density at radius 2 is 1.35 bits per heavy atom. The molecule has 0 unspecified atom stereocenters. The SMILES string of the molecule is CC(C(=O)[O-])C(=O)[O-].Cc1ccccc1.[K+].[K+]. The van der Waals surface area contributed by atoms with Crippen molar-refractivity contribution in [2.45, 2.75) is 13.8 Å². The maximum Gasteiger partial charge on any atom is 1.00 e. The molecule has 0 N–H and O–H groups in total. The predicted molar refractivity (Wildman–Crippen MR) is 50.4 cm³/mol. The van der Waals surface area contributed by atoms with Crippen molar-refractivity contribution in [3.63, 3.8) is 0 Å². The first-order valence-corrected chi connectivity index (χ1v) is 4.38. The monoisotopic (exact) mass is 286 g/mol. The van der Waals surface area contributed by atoms with Gasteiger partial charge in [-0.05, 0) is 6.92 Å². The number of carbonyl (C=O) groups excluding carboxylic acids is 2. The molecule has 0 amide bonds. The zero-order valence-electron chi connectivity index (χ0n) is 10.6. The van der Waals surface area contributed by atoms with E-state index < -0.39 is 17.9 Å². The molecule has 1 aromatic carbocycles. The molecule has 1 rings (SSSR count). The van der Waals surface area contributed by atoms with E-state index in [0.717, 1.165) is 6.92 Å². The molecule has 0 saturated heterocycles. The second-order valence-corrected chi connectivity index (χ2v) is 3.01. The van der Waals surface area contributed by atoms with Crippen LogP contribution in [0.4, 0.5) is 0 Å². The number of hydrogen-bond donors (Lipinski definition) is 0. The van der Waals surface area contributed by atoms with Gasteiger partial charge in [0.15, 0.2) is 0 Å². The van der Waals surface area contributed by atoms with Crippen molar-refractivity contribution in [2.24, 2.45) is 5.92 Å². The minimum atomic E-state index is -1.62. The first-order valence-electron chi connectivity index (χ1n) is 4.38. The summed E-state index contributed by atoms with van der Waals surface area (Å²) in [6.45, 7) is 3.07. The molecule has 4 nitrogen and oxygen atoms in total. The Morgan fingerprint density at radius 3 is 1.47 bits per heavy atom. The van der Waals surface area contributed by atoms with E-state index in [-0.39, 0.29) is 103 Å². The largest absolute Gasteiger partial charge is 1.00 e. The van der Waals surface area contributed by atoms with Gasteiger partial charge in [0.25, 0.3) is 0 Å². The zero-order chi connectivity index (χ0) is 11.8. The number of benzene rings is 1. The van der Waals surface area contributed by atoms with Crippen LogP contribution < -0.4 is 113 Å². The Hall–Kier alpha value is 1.43. The van der Waals surface area contributed by atoms with Gasteiger partial charge in [-0.1, -0.05) is 42.8 Å². The molecule has 0 aliphatic heterocycles. The fourth-order valence-electron chi connectivity index (χ4n) is 0.631. The number of rotatable bonds is 2. The Balaban J connectivity index is -0.000000207. The van der Waals surface area contributed by atoms with Gasteiger partial charge in [-0.25, -0.2) is 0 Å². The van der Waals surface area contributed by atoms with Gasteiger partial charge >= 0.3 is 103 Å². The number of carboxylic acids is 2. The molecule has 0 spiro atoms. The minimum Gasteiger partial charge on any atom is -0.549 e. The van der Waals surface area contributed by atoms with Crippen molar-refractivity contribution in [3.8, 4) is 0 Å². The molecular weight excluding hydrogens is 274 g/mol. The van der Waals surface area contributed by atoms with Gasteiger partial charge in [-0.15, -0.1) is 0 Å². The van der Waals surface area contributed by atoms with Gasteiger partial charge in [0, 0.05) is 17.9 Å². The summed E-state index contributed by atoms with van der Waals surface area (Å²) < 4.78 is 0. The molecule has 0 atom stereocenters. The van der Waals surface area contributed by atoms with E-state index in [1.54, 1.807) is 0 Å². The molecule has 6 heteroatoms. The quantitative estimate of drug-likeness (QED) is 0.400. The summed E-state index contributed by atoms with van der Waals surface area (Å²) in [5, 5.41) is 19.2. The molecule has 1 aromatic rings. The standard InChI is InChI=1S/C7H8.C4H6O4.2K/c1-7-5-3-2-4-6-7;1-2(3(5)6)4(7)8;;/h2-6H,1H3;2H,1H3,(H,5,6)(H,7,8);;/q;;2*+1/p-2. The van der Waals surface area contributed by atoms with Crippen LogP contribution in [0.3, 0.4) is 0 Å². The van der Waals surface area contributed by atoms with E-state index in [1.807, 2.05) is 18.2 Å². The summed E-state index contributed by atoms with van der Waals surface area (Å²) in [5.41, 5.74) is 1.32. The van der Waals surface area contributed by atoms with Crippen molar-refractivity contribution in [2.75, 3.05) is 0 Å². The summed E-state index contributed by atoms with van der Waals surface area (Å²) in [5.74, 6) is -4.76. The average Bonchev–Trinajstić information content (AvgIpc) is 2.18. The van der Waals surface area contributed by atoms with Crippen LogP contribution in [0.15, 0.2) is 30.3 Å². The number of carbonyl (C=O) groups is 2.